The third kappa shape index (κ3) is 4.72. The number of benzene rings is 2. The number of esters is 1. The van der Waals surface area contributed by atoms with Gasteiger partial charge < -0.3 is 9.84 Å². The van der Waals surface area contributed by atoms with Gasteiger partial charge in [-0.3, -0.25) is 4.99 Å². The van der Waals surface area contributed by atoms with E-state index >= 15 is 0 Å². The first-order valence-electron chi connectivity index (χ1n) is 7.80. The van der Waals surface area contributed by atoms with Gasteiger partial charge in [-0.25, -0.2) is 22.4 Å². The fraction of sp³-hybridized carbons (Fsp3) is 0.158. The summed E-state index contributed by atoms with van der Waals surface area (Å²) in [6.45, 7) is 3.02. The second-order valence-electron chi connectivity index (χ2n) is 5.42. The molecule has 1 N–H and O–H groups in total. The second-order valence-corrected chi connectivity index (χ2v) is 5.42. The van der Waals surface area contributed by atoms with Gasteiger partial charge in [0.1, 0.15) is 23.0 Å². The zero-order chi connectivity index (χ0) is 20.1. The molecule has 0 amide bonds. The highest BCUT2D eigenvalue weighted by Crippen LogP contribution is 2.24. The molecule has 0 aromatic heterocycles. The van der Waals surface area contributed by atoms with E-state index in [2.05, 4.69) is 4.99 Å². The van der Waals surface area contributed by atoms with E-state index in [1.807, 2.05) is 0 Å². The van der Waals surface area contributed by atoms with Crippen LogP contribution in [0.3, 0.4) is 0 Å². The van der Waals surface area contributed by atoms with Gasteiger partial charge in [-0.15, -0.1) is 0 Å². The van der Waals surface area contributed by atoms with Crippen molar-refractivity contribution in [1.29, 1.82) is 0 Å². The summed E-state index contributed by atoms with van der Waals surface area (Å²) < 4.78 is 58.4. The van der Waals surface area contributed by atoms with Crippen LogP contribution in [0.1, 0.15) is 18.1 Å². The van der Waals surface area contributed by atoms with Gasteiger partial charge in [-0.05, 0) is 43.7 Å². The van der Waals surface area contributed by atoms with Crippen LogP contribution in [0.15, 0.2) is 40.9 Å². The maximum Gasteiger partial charge on any atom is 0.343 e. The molecular weight excluding hydrogens is 366 g/mol. The summed E-state index contributed by atoms with van der Waals surface area (Å²) >= 11 is 0. The number of hydrogen-bond donors (Lipinski definition) is 1. The minimum absolute atomic E-state index is 0.0563. The van der Waals surface area contributed by atoms with Crippen molar-refractivity contribution in [2.45, 2.75) is 13.8 Å². The number of aliphatic hydroxyl groups is 1. The number of carbonyl (C=O) groups excluding carboxylic acids is 1. The van der Waals surface area contributed by atoms with E-state index in [-0.39, 0.29) is 18.4 Å². The molecule has 0 saturated heterocycles. The maximum absolute atomic E-state index is 13.9. The first-order chi connectivity index (χ1) is 12.7. The van der Waals surface area contributed by atoms with Gasteiger partial charge >= 0.3 is 5.97 Å². The molecule has 0 heterocycles. The first-order valence-corrected chi connectivity index (χ1v) is 7.80. The van der Waals surface area contributed by atoms with Gasteiger partial charge in [0.25, 0.3) is 0 Å². The number of ether oxygens (including phenoxy) is 1. The summed E-state index contributed by atoms with van der Waals surface area (Å²) in [4.78, 5) is 16.1. The van der Waals surface area contributed by atoms with Crippen molar-refractivity contribution in [2.75, 3.05) is 6.61 Å². The smallest absolute Gasteiger partial charge is 0.343 e. The fourth-order valence-corrected chi connectivity index (χ4v) is 2.17. The van der Waals surface area contributed by atoms with Crippen LogP contribution in [0.25, 0.3) is 5.76 Å². The van der Waals surface area contributed by atoms with Gasteiger partial charge in [0.2, 0.25) is 0 Å². The molecule has 0 bridgehead atoms. The summed E-state index contributed by atoms with van der Waals surface area (Å²) in [6.07, 6.45) is 0.883. The molecule has 0 unspecified atom stereocenters. The normalized spacial score (nSPS) is 12.2. The predicted octanol–water partition coefficient (Wildman–Crippen LogP) is 4.79. The average molecular weight is 381 g/mol. The lowest BCUT2D eigenvalue weighted by Crippen LogP contribution is -2.12. The summed E-state index contributed by atoms with van der Waals surface area (Å²) in [7, 11) is 0. The van der Waals surface area contributed by atoms with Crippen molar-refractivity contribution in [3.8, 4) is 0 Å². The van der Waals surface area contributed by atoms with Gasteiger partial charge in [0.15, 0.2) is 11.6 Å². The molecule has 142 valence electrons. The Bertz CT molecular complexity index is 939. The van der Waals surface area contributed by atoms with Crippen LogP contribution in [0.4, 0.5) is 23.2 Å². The van der Waals surface area contributed by atoms with Gasteiger partial charge in [0.05, 0.1) is 17.9 Å². The number of aliphatic hydroxyl groups excluding tert-OH is 1. The highest BCUT2D eigenvalue weighted by atomic mass is 19.2. The Balaban J connectivity index is 2.57. The number of halogens is 4. The summed E-state index contributed by atoms with van der Waals surface area (Å²) in [5.74, 6) is -6.65. The number of aryl methyl sites for hydroxylation is 1. The quantitative estimate of drug-likeness (QED) is 0.202. The monoisotopic (exact) mass is 381 g/mol. The van der Waals surface area contributed by atoms with E-state index in [9.17, 15) is 27.5 Å². The predicted molar refractivity (Wildman–Crippen MR) is 91.8 cm³/mol. The SMILES string of the molecule is CCOC(=O)/C(C=Nc1ccc(F)cc1C)=C(/O)c1cc(F)c(F)cc1F. The van der Waals surface area contributed by atoms with Crippen molar-refractivity contribution in [2.24, 2.45) is 4.99 Å². The molecule has 2 aromatic carbocycles. The summed E-state index contributed by atoms with van der Waals surface area (Å²) in [6, 6.07) is 4.33. The minimum Gasteiger partial charge on any atom is -0.506 e. The van der Waals surface area contributed by atoms with Crippen LogP contribution in [0, 0.1) is 30.2 Å². The molecule has 2 rings (SSSR count). The molecule has 0 radical (unpaired) electrons. The maximum atomic E-state index is 13.9. The molecule has 0 aliphatic carbocycles. The molecular formula is C19H15F4NO3. The topological polar surface area (TPSA) is 58.9 Å². The van der Waals surface area contributed by atoms with Crippen LogP contribution in [-0.2, 0) is 9.53 Å². The molecule has 0 atom stereocenters. The third-order valence-corrected chi connectivity index (χ3v) is 3.51. The zero-order valence-electron chi connectivity index (χ0n) is 14.4. The highest BCUT2D eigenvalue weighted by molar-refractivity contribution is 6.15. The lowest BCUT2D eigenvalue weighted by Gasteiger charge is -2.08. The number of hydrogen-bond acceptors (Lipinski definition) is 4. The van der Waals surface area contributed by atoms with Crippen LogP contribution in [0.5, 0.6) is 0 Å². The number of aliphatic imine (C=N–C) groups is 1. The largest absolute Gasteiger partial charge is 0.506 e. The Labute approximate surface area is 152 Å². The molecule has 4 nitrogen and oxygen atoms in total. The Kier molecular flexibility index (Phi) is 6.33. The Morgan fingerprint density at radius 2 is 1.78 bits per heavy atom. The molecule has 0 aliphatic heterocycles. The van der Waals surface area contributed by atoms with E-state index in [0.717, 1.165) is 12.3 Å². The Morgan fingerprint density at radius 1 is 1.11 bits per heavy atom. The molecule has 2 aromatic rings. The number of carbonyl (C=O) groups is 1. The lowest BCUT2D eigenvalue weighted by atomic mass is 10.1. The third-order valence-electron chi connectivity index (χ3n) is 3.51. The minimum atomic E-state index is -1.45. The lowest BCUT2D eigenvalue weighted by molar-refractivity contribution is -0.137. The molecule has 27 heavy (non-hydrogen) atoms. The van der Waals surface area contributed by atoms with Crippen molar-refractivity contribution >= 4 is 23.6 Å². The number of nitrogens with zero attached hydrogens (tertiary/aromatic N) is 1. The first kappa shape index (κ1) is 20.2. The Morgan fingerprint density at radius 3 is 2.41 bits per heavy atom. The van der Waals surface area contributed by atoms with E-state index in [1.54, 1.807) is 6.92 Å². The van der Waals surface area contributed by atoms with Crippen LogP contribution in [0.2, 0.25) is 0 Å². The summed E-state index contributed by atoms with van der Waals surface area (Å²) in [5.41, 5.74) is -0.602. The fourth-order valence-electron chi connectivity index (χ4n) is 2.17. The van der Waals surface area contributed by atoms with Crippen molar-refractivity contribution < 1.29 is 32.2 Å². The number of rotatable bonds is 5. The summed E-state index contributed by atoms with van der Waals surface area (Å²) in [5, 5.41) is 10.3. The molecule has 8 heteroatoms. The Hall–Kier alpha value is -3.16. The van der Waals surface area contributed by atoms with E-state index in [4.69, 9.17) is 4.74 Å². The van der Waals surface area contributed by atoms with Crippen molar-refractivity contribution in [1.82, 2.24) is 0 Å². The van der Waals surface area contributed by atoms with Crippen molar-refractivity contribution in [3.63, 3.8) is 0 Å². The molecule has 0 aliphatic rings. The van der Waals surface area contributed by atoms with E-state index in [0.29, 0.717) is 11.6 Å². The van der Waals surface area contributed by atoms with Crippen molar-refractivity contribution in [3.05, 3.63) is 70.3 Å². The van der Waals surface area contributed by atoms with Crippen LogP contribution in [-0.4, -0.2) is 23.9 Å². The average Bonchev–Trinajstić information content (AvgIpc) is 2.60. The van der Waals surface area contributed by atoms with E-state index in [1.165, 1.54) is 19.1 Å². The molecule has 0 spiro atoms. The van der Waals surface area contributed by atoms with Crippen LogP contribution < -0.4 is 0 Å². The second kappa shape index (κ2) is 8.48. The van der Waals surface area contributed by atoms with Gasteiger partial charge in [-0.1, -0.05) is 0 Å². The van der Waals surface area contributed by atoms with Gasteiger partial charge in [-0.2, -0.15) is 0 Å². The molecule has 0 saturated carbocycles. The standard InChI is InChI=1S/C19H15F4NO3/c1-3-27-19(26)13(9-24-17-5-4-11(20)6-10(17)2)18(25)12-7-15(22)16(23)8-14(12)21/h4-9,25H,3H2,1-2H3/b18-13+,24-9?. The van der Waals surface area contributed by atoms with Gasteiger partial charge in [0, 0.05) is 12.3 Å². The highest BCUT2D eigenvalue weighted by Gasteiger charge is 2.21. The van der Waals surface area contributed by atoms with Crippen LogP contribution >= 0.6 is 0 Å². The zero-order valence-corrected chi connectivity index (χ0v) is 14.4. The molecule has 0 fully saturated rings. The van der Waals surface area contributed by atoms with E-state index < -0.39 is 46.1 Å².